The third kappa shape index (κ3) is 3.83. The van der Waals surface area contributed by atoms with E-state index in [0.29, 0.717) is 6.07 Å². The minimum atomic E-state index is -4.59. The summed E-state index contributed by atoms with van der Waals surface area (Å²) in [6.07, 6.45) is -5.62. The topological polar surface area (TPSA) is 46.2 Å². The molecular weight excluding hydrogens is 262 g/mol. The Morgan fingerprint density at radius 1 is 1.29 bits per heavy atom. The first-order valence-corrected chi connectivity index (χ1v) is 4.53. The number of hydrogen-bond acceptors (Lipinski definition) is 2. The van der Waals surface area contributed by atoms with Gasteiger partial charge in [-0.2, -0.15) is 13.2 Å². The molecule has 1 rings (SSSR count). The lowest BCUT2D eigenvalue weighted by Gasteiger charge is -2.17. The smallest absolute Gasteiger partial charge is 0.391 e. The number of rotatable bonds is 2. The van der Waals surface area contributed by atoms with Gasteiger partial charge in [0.2, 0.25) is 0 Å². The van der Waals surface area contributed by atoms with Gasteiger partial charge in [0.25, 0.3) is 0 Å². The first-order valence-electron chi connectivity index (χ1n) is 4.53. The molecule has 0 aliphatic rings. The molecule has 17 heavy (non-hydrogen) atoms. The van der Waals surface area contributed by atoms with Crippen molar-refractivity contribution in [3.05, 3.63) is 35.1 Å². The minimum Gasteiger partial charge on any atom is -0.391 e. The van der Waals surface area contributed by atoms with Crippen LogP contribution in [0.1, 0.15) is 24.1 Å². The molecular formula is C10H12ClF4NO. The Balaban J connectivity index is 0.00000256. The van der Waals surface area contributed by atoms with Crippen LogP contribution in [0.25, 0.3) is 0 Å². The molecule has 0 amide bonds. The third-order valence-electron chi connectivity index (χ3n) is 2.21. The van der Waals surface area contributed by atoms with Gasteiger partial charge in [-0.25, -0.2) is 4.39 Å². The lowest BCUT2D eigenvalue weighted by atomic mass is 10.0. The number of hydrogen-bond donors (Lipinski definition) is 2. The third-order valence-corrected chi connectivity index (χ3v) is 2.21. The average molecular weight is 274 g/mol. The van der Waals surface area contributed by atoms with E-state index in [2.05, 4.69) is 0 Å². The predicted molar refractivity (Wildman–Crippen MR) is 57.3 cm³/mol. The maximum absolute atomic E-state index is 13.3. The molecule has 2 nitrogen and oxygen atoms in total. The number of aliphatic hydroxyl groups excluding tert-OH is 1. The average Bonchev–Trinajstić information content (AvgIpc) is 2.15. The van der Waals surface area contributed by atoms with E-state index in [4.69, 9.17) is 10.8 Å². The fourth-order valence-electron chi connectivity index (χ4n) is 1.23. The molecule has 98 valence electrons. The molecule has 3 N–H and O–H groups in total. The van der Waals surface area contributed by atoms with Crippen LogP contribution < -0.4 is 5.73 Å². The summed E-state index contributed by atoms with van der Waals surface area (Å²) >= 11 is 0. The molecule has 0 aliphatic heterocycles. The van der Waals surface area contributed by atoms with Crippen LogP contribution in [-0.2, 0) is 6.18 Å². The first kappa shape index (κ1) is 16.1. The van der Waals surface area contributed by atoms with Gasteiger partial charge in [-0.05, 0) is 19.1 Å². The van der Waals surface area contributed by atoms with Gasteiger partial charge in [-0.15, -0.1) is 12.4 Å². The Labute approximate surface area is 102 Å². The van der Waals surface area contributed by atoms with E-state index in [-0.39, 0.29) is 18.0 Å². The Hall–Kier alpha value is -0.850. The molecule has 0 saturated heterocycles. The van der Waals surface area contributed by atoms with Crippen LogP contribution in [0.2, 0.25) is 0 Å². The molecule has 7 heteroatoms. The van der Waals surface area contributed by atoms with Crippen LogP contribution in [0.3, 0.4) is 0 Å². The fraction of sp³-hybridized carbons (Fsp3) is 0.400. The molecule has 0 saturated carbocycles. The van der Waals surface area contributed by atoms with E-state index >= 15 is 0 Å². The highest BCUT2D eigenvalue weighted by atomic mass is 35.5. The Morgan fingerprint density at radius 2 is 1.82 bits per heavy atom. The van der Waals surface area contributed by atoms with Gasteiger partial charge in [0.15, 0.2) is 0 Å². The van der Waals surface area contributed by atoms with Crippen LogP contribution in [0.5, 0.6) is 0 Å². The van der Waals surface area contributed by atoms with Crippen molar-refractivity contribution in [3.63, 3.8) is 0 Å². The SMILES string of the molecule is C[C@H](O)[C@H](N)c1ccc(C(F)(F)F)cc1F.Cl. The summed E-state index contributed by atoms with van der Waals surface area (Å²) in [5.74, 6) is -1.07. The van der Waals surface area contributed by atoms with E-state index in [1.807, 2.05) is 0 Å². The highest BCUT2D eigenvalue weighted by Gasteiger charge is 2.31. The highest BCUT2D eigenvalue weighted by Crippen LogP contribution is 2.31. The van der Waals surface area contributed by atoms with E-state index < -0.39 is 29.7 Å². The van der Waals surface area contributed by atoms with Crippen molar-refractivity contribution < 1.29 is 22.7 Å². The number of halogens is 5. The number of alkyl halides is 3. The molecule has 1 aromatic carbocycles. The highest BCUT2D eigenvalue weighted by molar-refractivity contribution is 5.85. The van der Waals surface area contributed by atoms with Crippen LogP contribution in [0.4, 0.5) is 17.6 Å². The van der Waals surface area contributed by atoms with Gasteiger partial charge in [0, 0.05) is 5.56 Å². The van der Waals surface area contributed by atoms with Crippen molar-refractivity contribution in [2.45, 2.75) is 25.2 Å². The van der Waals surface area contributed by atoms with Gasteiger partial charge >= 0.3 is 6.18 Å². The molecule has 0 aliphatic carbocycles. The second-order valence-corrected chi connectivity index (χ2v) is 3.50. The zero-order valence-corrected chi connectivity index (χ0v) is 9.65. The molecule has 0 aromatic heterocycles. The minimum absolute atomic E-state index is 0. The van der Waals surface area contributed by atoms with Crippen molar-refractivity contribution in [3.8, 4) is 0 Å². The monoisotopic (exact) mass is 273 g/mol. The van der Waals surface area contributed by atoms with Crippen LogP contribution >= 0.6 is 12.4 Å². The zero-order chi connectivity index (χ0) is 12.5. The number of nitrogens with two attached hydrogens (primary N) is 1. The van der Waals surface area contributed by atoms with Gasteiger partial charge in [0.05, 0.1) is 17.7 Å². The first-order chi connectivity index (χ1) is 7.23. The van der Waals surface area contributed by atoms with Crippen molar-refractivity contribution in [2.75, 3.05) is 0 Å². The Kier molecular flexibility index (Phi) is 5.38. The van der Waals surface area contributed by atoms with E-state index in [0.717, 1.165) is 12.1 Å². The van der Waals surface area contributed by atoms with Crippen LogP contribution in [0.15, 0.2) is 18.2 Å². The van der Waals surface area contributed by atoms with E-state index in [1.165, 1.54) is 6.92 Å². The number of benzene rings is 1. The summed E-state index contributed by atoms with van der Waals surface area (Å²) in [4.78, 5) is 0. The summed E-state index contributed by atoms with van der Waals surface area (Å²) in [7, 11) is 0. The van der Waals surface area contributed by atoms with Crippen molar-refractivity contribution in [1.29, 1.82) is 0 Å². The predicted octanol–water partition coefficient (Wildman–Crippen LogP) is 2.65. The summed E-state index contributed by atoms with van der Waals surface area (Å²) in [6, 6.07) is 1.01. The summed E-state index contributed by atoms with van der Waals surface area (Å²) in [5.41, 5.74) is 4.21. The second kappa shape index (κ2) is 5.66. The largest absolute Gasteiger partial charge is 0.416 e. The van der Waals surface area contributed by atoms with Crippen LogP contribution in [-0.4, -0.2) is 11.2 Å². The second-order valence-electron chi connectivity index (χ2n) is 3.50. The Bertz CT molecular complexity index is 381. The van der Waals surface area contributed by atoms with Gasteiger partial charge < -0.3 is 10.8 Å². The zero-order valence-electron chi connectivity index (χ0n) is 8.83. The standard InChI is InChI=1S/C10H11F4NO.ClH/c1-5(16)9(15)7-3-2-6(4-8(7)11)10(12,13)14;/h2-5,9,16H,15H2,1H3;1H/t5-,9-;/m0./s1. The lowest BCUT2D eigenvalue weighted by Crippen LogP contribution is -2.24. The molecule has 0 fully saturated rings. The summed E-state index contributed by atoms with van der Waals surface area (Å²) in [6.45, 7) is 1.34. The molecule has 0 heterocycles. The fourth-order valence-corrected chi connectivity index (χ4v) is 1.23. The normalized spacial score (nSPS) is 15.0. The summed E-state index contributed by atoms with van der Waals surface area (Å²) < 4.78 is 49.9. The maximum atomic E-state index is 13.3. The quantitative estimate of drug-likeness (QED) is 0.814. The van der Waals surface area contributed by atoms with E-state index in [1.54, 1.807) is 0 Å². The van der Waals surface area contributed by atoms with Crippen molar-refractivity contribution >= 4 is 12.4 Å². The lowest BCUT2D eigenvalue weighted by molar-refractivity contribution is -0.137. The van der Waals surface area contributed by atoms with Gasteiger partial charge in [-0.1, -0.05) is 6.07 Å². The van der Waals surface area contributed by atoms with Gasteiger partial charge in [-0.3, -0.25) is 0 Å². The molecule has 1 aromatic rings. The number of aliphatic hydroxyl groups is 1. The van der Waals surface area contributed by atoms with Crippen LogP contribution in [0, 0.1) is 5.82 Å². The molecule has 0 spiro atoms. The molecule has 0 bridgehead atoms. The van der Waals surface area contributed by atoms with Crippen molar-refractivity contribution in [2.24, 2.45) is 5.73 Å². The molecule has 0 radical (unpaired) electrons. The maximum Gasteiger partial charge on any atom is 0.416 e. The van der Waals surface area contributed by atoms with Gasteiger partial charge in [0.1, 0.15) is 5.82 Å². The van der Waals surface area contributed by atoms with Crippen molar-refractivity contribution in [1.82, 2.24) is 0 Å². The summed E-state index contributed by atoms with van der Waals surface area (Å²) in [5, 5.41) is 9.11. The van der Waals surface area contributed by atoms with E-state index in [9.17, 15) is 17.6 Å². The molecule has 0 unspecified atom stereocenters. The molecule has 2 atom stereocenters. The Morgan fingerprint density at radius 3 is 2.18 bits per heavy atom.